The molecule has 2 aromatic rings. The first kappa shape index (κ1) is 9.08. The molecule has 0 fully saturated rings. The Morgan fingerprint density at radius 3 is 2.86 bits per heavy atom. The van der Waals surface area contributed by atoms with Crippen molar-refractivity contribution in [3.8, 4) is 5.82 Å². The van der Waals surface area contributed by atoms with Gasteiger partial charge in [0.2, 0.25) is 0 Å². The van der Waals surface area contributed by atoms with E-state index in [9.17, 15) is 4.79 Å². The number of rotatable bonds is 2. The maximum absolute atomic E-state index is 11.0. The Labute approximate surface area is 85.2 Å². The van der Waals surface area contributed by atoms with Crippen molar-refractivity contribution in [1.82, 2.24) is 14.8 Å². The second-order valence-corrected chi connectivity index (χ2v) is 3.83. The molecule has 0 amide bonds. The van der Waals surface area contributed by atoms with Crippen molar-refractivity contribution in [2.24, 2.45) is 0 Å². The van der Waals surface area contributed by atoms with Gasteiger partial charge in [0.1, 0.15) is 0 Å². The van der Waals surface area contributed by atoms with E-state index >= 15 is 0 Å². The zero-order valence-electron chi connectivity index (χ0n) is 7.89. The van der Waals surface area contributed by atoms with Crippen molar-refractivity contribution in [3.05, 3.63) is 28.3 Å². The first-order chi connectivity index (χ1) is 6.66. The van der Waals surface area contributed by atoms with Crippen LogP contribution in [0.3, 0.4) is 0 Å². The first-order valence-electron chi connectivity index (χ1n) is 4.16. The molecule has 2 aromatic heterocycles. The lowest BCUT2D eigenvalue weighted by Gasteiger charge is -1.92. The lowest BCUT2D eigenvalue weighted by atomic mass is 10.5. The van der Waals surface area contributed by atoms with Gasteiger partial charge < -0.3 is 0 Å². The van der Waals surface area contributed by atoms with Crippen LogP contribution < -0.4 is 0 Å². The van der Waals surface area contributed by atoms with Crippen LogP contribution in [-0.2, 0) is 0 Å². The fraction of sp³-hybridized carbons (Fsp3) is 0.222. The summed E-state index contributed by atoms with van der Waals surface area (Å²) in [6.07, 6.45) is 1.83. The van der Waals surface area contributed by atoms with Crippen LogP contribution in [0.15, 0.2) is 17.6 Å². The smallest absolute Gasteiger partial charge is 0.188 e. The van der Waals surface area contributed by atoms with E-state index in [0.717, 1.165) is 5.69 Å². The summed E-state index contributed by atoms with van der Waals surface area (Å²) in [6.45, 7) is 3.42. The number of hydrogen-bond acceptors (Lipinski definition) is 4. The van der Waals surface area contributed by atoms with Crippen molar-refractivity contribution in [1.29, 1.82) is 0 Å². The molecular weight excluding hydrogens is 198 g/mol. The Hall–Kier alpha value is -1.49. The standard InChI is InChI=1S/C9H9N3OS/c1-6-3-4-12(11-6)8-5-14-9(10-8)7(2)13/h3-5H,1-2H3. The van der Waals surface area contributed by atoms with Gasteiger partial charge in [0.15, 0.2) is 16.6 Å². The molecule has 0 bridgehead atoms. The number of thiazole rings is 1. The zero-order chi connectivity index (χ0) is 10.1. The molecule has 5 heteroatoms. The van der Waals surface area contributed by atoms with E-state index in [0.29, 0.717) is 10.8 Å². The minimum Gasteiger partial charge on any atom is -0.292 e. The van der Waals surface area contributed by atoms with E-state index in [-0.39, 0.29) is 5.78 Å². The maximum Gasteiger partial charge on any atom is 0.188 e. The molecule has 72 valence electrons. The van der Waals surface area contributed by atoms with E-state index in [1.807, 2.05) is 24.6 Å². The molecule has 2 heterocycles. The van der Waals surface area contributed by atoms with Crippen LogP contribution in [0.5, 0.6) is 0 Å². The third-order valence-corrected chi connectivity index (χ3v) is 2.68. The average Bonchev–Trinajstić information content (AvgIpc) is 2.70. The predicted molar refractivity (Wildman–Crippen MR) is 54.0 cm³/mol. The molecule has 0 saturated heterocycles. The van der Waals surface area contributed by atoms with Crippen LogP contribution in [0.1, 0.15) is 22.4 Å². The Bertz CT molecular complexity index is 472. The Balaban J connectivity index is 2.38. The van der Waals surface area contributed by atoms with Crippen molar-refractivity contribution in [2.75, 3.05) is 0 Å². The maximum atomic E-state index is 11.0. The van der Waals surface area contributed by atoms with E-state index in [4.69, 9.17) is 0 Å². The van der Waals surface area contributed by atoms with E-state index in [2.05, 4.69) is 10.1 Å². The number of aryl methyl sites for hydroxylation is 1. The number of carbonyl (C=O) groups is 1. The SMILES string of the molecule is CC(=O)c1nc(-n2ccc(C)n2)cs1. The molecule has 0 radical (unpaired) electrons. The van der Waals surface area contributed by atoms with Crippen molar-refractivity contribution < 1.29 is 4.79 Å². The number of carbonyl (C=O) groups excluding carboxylic acids is 1. The van der Waals surface area contributed by atoms with Crippen molar-refractivity contribution in [3.63, 3.8) is 0 Å². The van der Waals surface area contributed by atoms with Crippen molar-refractivity contribution >= 4 is 17.1 Å². The summed E-state index contributed by atoms with van der Waals surface area (Å²) in [5.41, 5.74) is 0.933. The summed E-state index contributed by atoms with van der Waals surface area (Å²) < 4.78 is 1.66. The molecule has 0 aliphatic heterocycles. The highest BCUT2D eigenvalue weighted by molar-refractivity contribution is 7.11. The number of aromatic nitrogens is 3. The topological polar surface area (TPSA) is 47.8 Å². The van der Waals surface area contributed by atoms with Gasteiger partial charge in [-0.05, 0) is 13.0 Å². The largest absolute Gasteiger partial charge is 0.292 e. The summed E-state index contributed by atoms with van der Waals surface area (Å²) in [7, 11) is 0. The van der Waals surface area contributed by atoms with Crippen LogP contribution >= 0.6 is 11.3 Å². The quantitative estimate of drug-likeness (QED) is 0.706. The molecule has 0 saturated carbocycles. The summed E-state index contributed by atoms with van der Waals surface area (Å²) in [6, 6.07) is 1.90. The summed E-state index contributed by atoms with van der Waals surface area (Å²) in [5.74, 6) is 0.693. The molecule has 0 spiro atoms. The molecule has 0 aliphatic carbocycles. The average molecular weight is 207 g/mol. The van der Waals surface area contributed by atoms with Gasteiger partial charge in [-0.15, -0.1) is 11.3 Å². The zero-order valence-corrected chi connectivity index (χ0v) is 8.71. The van der Waals surface area contributed by atoms with Gasteiger partial charge in [-0.1, -0.05) is 0 Å². The van der Waals surface area contributed by atoms with Crippen LogP contribution in [0, 0.1) is 6.92 Å². The van der Waals surface area contributed by atoms with Gasteiger partial charge in [0.25, 0.3) is 0 Å². The molecule has 0 N–H and O–H groups in total. The van der Waals surface area contributed by atoms with Crippen LogP contribution in [-0.4, -0.2) is 20.5 Å². The van der Waals surface area contributed by atoms with Crippen LogP contribution in [0.25, 0.3) is 5.82 Å². The minimum atomic E-state index is -0.00914. The number of ketones is 1. The van der Waals surface area contributed by atoms with Crippen molar-refractivity contribution in [2.45, 2.75) is 13.8 Å². The summed E-state index contributed by atoms with van der Waals surface area (Å²) >= 11 is 1.34. The van der Waals surface area contributed by atoms with Crippen LogP contribution in [0.4, 0.5) is 0 Å². The van der Waals surface area contributed by atoms with Gasteiger partial charge in [-0.2, -0.15) is 5.10 Å². The second-order valence-electron chi connectivity index (χ2n) is 2.97. The summed E-state index contributed by atoms with van der Waals surface area (Å²) in [5, 5.41) is 6.55. The summed E-state index contributed by atoms with van der Waals surface area (Å²) in [4.78, 5) is 15.2. The molecule has 0 aromatic carbocycles. The monoisotopic (exact) mass is 207 g/mol. The van der Waals surface area contributed by atoms with Gasteiger partial charge >= 0.3 is 0 Å². The predicted octanol–water partition coefficient (Wildman–Crippen LogP) is 1.84. The molecule has 0 atom stereocenters. The highest BCUT2D eigenvalue weighted by Crippen LogP contribution is 2.13. The Kier molecular flexibility index (Phi) is 2.17. The normalized spacial score (nSPS) is 10.4. The fourth-order valence-electron chi connectivity index (χ4n) is 1.07. The number of Topliss-reactive ketones (excluding diaryl/α,β-unsaturated/α-hetero) is 1. The third kappa shape index (κ3) is 1.58. The molecule has 4 nitrogen and oxygen atoms in total. The Morgan fingerprint density at radius 2 is 2.36 bits per heavy atom. The van der Waals surface area contributed by atoms with E-state index in [1.165, 1.54) is 18.3 Å². The van der Waals surface area contributed by atoms with E-state index in [1.54, 1.807) is 4.68 Å². The minimum absolute atomic E-state index is 0.00914. The van der Waals surface area contributed by atoms with Gasteiger partial charge in [0.05, 0.1) is 5.69 Å². The first-order valence-corrected chi connectivity index (χ1v) is 5.04. The molecule has 2 rings (SSSR count). The molecule has 14 heavy (non-hydrogen) atoms. The highest BCUT2D eigenvalue weighted by atomic mass is 32.1. The van der Waals surface area contributed by atoms with Gasteiger partial charge in [-0.25, -0.2) is 9.67 Å². The van der Waals surface area contributed by atoms with E-state index < -0.39 is 0 Å². The number of hydrogen-bond donors (Lipinski definition) is 0. The van der Waals surface area contributed by atoms with Gasteiger partial charge in [-0.3, -0.25) is 4.79 Å². The van der Waals surface area contributed by atoms with Gasteiger partial charge in [0, 0.05) is 18.5 Å². The van der Waals surface area contributed by atoms with Crippen LogP contribution in [0.2, 0.25) is 0 Å². The molecule has 0 unspecified atom stereocenters. The highest BCUT2D eigenvalue weighted by Gasteiger charge is 2.07. The fourth-order valence-corrected chi connectivity index (χ4v) is 1.76. The molecule has 0 aliphatic rings. The third-order valence-electron chi connectivity index (χ3n) is 1.75. The molecular formula is C9H9N3OS. The number of nitrogens with zero attached hydrogens (tertiary/aromatic N) is 3. The second kappa shape index (κ2) is 3.34. The lowest BCUT2D eigenvalue weighted by Crippen LogP contribution is -1.97. The Morgan fingerprint density at radius 1 is 1.57 bits per heavy atom. The lowest BCUT2D eigenvalue weighted by molar-refractivity contribution is 0.101.